The molecule has 2 amide bonds. The van der Waals surface area contributed by atoms with Crippen LogP contribution >= 0.6 is 0 Å². The first-order valence-electron chi connectivity index (χ1n) is 10.9. The zero-order valence-electron chi connectivity index (χ0n) is 20.1. The molecule has 0 atom stereocenters. The average Bonchev–Trinajstić information content (AvgIpc) is 3.11. The first-order valence-corrected chi connectivity index (χ1v) is 10.9. The van der Waals surface area contributed by atoms with Crippen LogP contribution in [0.15, 0.2) is 42.1 Å². The number of fused-ring (bicyclic) bond motifs is 1. The van der Waals surface area contributed by atoms with Gasteiger partial charge >= 0.3 is 0 Å². The molecule has 8 nitrogen and oxygen atoms in total. The Balaban J connectivity index is 1.90. The summed E-state index contributed by atoms with van der Waals surface area (Å²) in [6.45, 7) is 4.95. The second kappa shape index (κ2) is 10.4. The van der Waals surface area contributed by atoms with Crippen LogP contribution in [0.4, 0.5) is 17.1 Å². The first kappa shape index (κ1) is 24.1. The summed E-state index contributed by atoms with van der Waals surface area (Å²) in [4.78, 5) is 28.7. The molecular formula is C25H32N4O4. The Kier molecular flexibility index (Phi) is 7.60. The monoisotopic (exact) mass is 452 g/mol. The second-order valence-corrected chi connectivity index (χ2v) is 8.06. The third-order valence-corrected chi connectivity index (χ3v) is 5.55. The Morgan fingerprint density at radius 1 is 1.03 bits per heavy atom. The number of carbonyl (C=O) groups excluding carboxylic acids is 2. The lowest BCUT2D eigenvalue weighted by Gasteiger charge is -2.23. The molecule has 0 saturated heterocycles. The fraction of sp³-hybridized carbons (Fsp3) is 0.360. The Morgan fingerprint density at radius 2 is 1.67 bits per heavy atom. The van der Waals surface area contributed by atoms with Crippen LogP contribution in [0.25, 0.3) is 5.57 Å². The number of hydrogen-bond acceptors (Lipinski definition) is 6. The van der Waals surface area contributed by atoms with Crippen LogP contribution in [0.2, 0.25) is 0 Å². The van der Waals surface area contributed by atoms with E-state index in [9.17, 15) is 9.59 Å². The van der Waals surface area contributed by atoms with Crippen LogP contribution in [0, 0.1) is 0 Å². The molecule has 33 heavy (non-hydrogen) atoms. The fourth-order valence-electron chi connectivity index (χ4n) is 3.79. The third kappa shape index (κ3) is 5.28. The number of anilines is 3. The van der Waals surface area contributed by atoms with Gasteiger partial charge in [-0.05, 0) is 50.8 Å². The summed E-state index contributed by atoms with van der Waals surface area (Å²) in [5, 5.41) is 6.30. The van der Waals surface area contributed by atoms with Crippen molar-refractivity contribution >= 4 is 34.4 Å². The summed E-state index contributed by atoms with van der Waals surface area (Å²) in [6.07, 6.45) is 0.626. The number of hydrogen-bond donors (Lipinski definition) is 2. The van der Waals surface area contributed by atoms with E-state index in [1.165, 1.54) is 0 Å². The van der Waals surface area contributed by atoms with E-state index in [0.29, 0.717) is 35.7 Å². The molecule has 0 saturated carbocycles. The van der Waals surface area contributed by atoms with Crippen LogP contribution < -0.4 is 25.0 Å². The number of nitrogens with one attached hydrogen (secondary N) is 2. The summed E-state index contributed by atoms with van der Waals surface area (Å²) < 4.78 is 10.8. The highest BCUT2D eigenvalue weighted by Gasteiger charge is 2.29. The van der Waals surface area contributed by atoms with E-state index in [-0.39, 0.29) is 11.8 Å². The van der Waals surface area contributed by atoms with Gasteiger partial charge in [0.25, 0.3) is 5.91 Å². The van der Waals surface area contributed by atoms with Gasteiger partial charge in [0.05, 0.1) is 25.5 Å². The highest BCUT2D eigenvalue weighted by atomic mass is 16.5. The van der Waals surface area contributed by atoms with Crippen LogP contribution in [0.5, 0.6) is 11.5 Å². The number of allylic oxidation sites excluding steroid dienone is 1. The molecule has 0 aliphatic carbocycles. The van der Waals surface area contributed by atoms with Crippen molar-refractivity contribution in [3.05, 3.63) is 47.7 Å². The molecule has 176 valence electrons. The van der Waals surface area contributed by atoms with Gasteiger partial charge in [0.2, 0.25) is 5.91 Å². The van der Waals surface area contributed by atoms with Crippen LogP contribution in [0.1, 0.15) is 25.8 Å². The lowest BCUT2D eigenvalue weighted by atomic mass is 10.0. The predicted molar refractivity (Wildman–Crippen MR) is 132 cm³/mol. The minimum atomic E-state index is -0.173. The van der Waals surface area contributed by atoms with Crippen molar-refractivity contribution in [2.45, 2.75) is 20.3 Å². The zero-order valence-corrected chi connectivity index (χ0v) is 20.1. The van der Waals surface area contributed by atoms with Crippen molar-refractivity contribution in [1.29, 1.82) is 0 Å². The molecule has 0 aromatic heterocycles. The van der Waals surface area contributed by atoms with Crippen molar-refractivity contribution < 1.29 is 19.1 Å². The number of benzene rings is 2. The Labute approximate surface area is 195 Å². The largest absolute Gasteiger partial charge is 0.493 e. The molecule has 2 aromatic carbocycles. The summed E-state index contributed by atoms with van der Waals surface area (Å²) in [5.74, 6) is 0.945. The standard InChI is InChI=1S/C25H32N4O4/c1-7-20(24-19-14-22(32-5)23(33-6)15-21(19)27-25(24)31)26-17-8-10-18(11-9-17)29(16(2)30)13-12-28(3)4/h8-11,14-15,26H,7,12-13H2,1-6H3,(H,27,31)/b24-20+. The number of methoxy groups -OCH3 is 2. The van der Waals surface area contributed by atoms with Gasteiger partial charge in [0.1, 0.15) is 0 Å². The molecule has 3 rings (SSSR count). The van der Waals surface area contributed by atoms with Crippen molar-refractivity contribution in [2.24, 2.45) is 0 Å². The van der Waals surface area contributed by atoms with E-state index < -0.39 is 0 Å². The normalized spacial score (nSPS) is 14.0. The number of amides is 2. The van der Waals surface area contributed by atoms with E-state index in [1.807, 2.05) is 56.3 Å². The third-order valence-electron chi connectivity index (χ3n) is 5.55. The molecular weight excluding hydrogens is 420 g/mol. The molecule has 1 aliphatic rings. The topological polar surface area (TPSA) is 83.1 Å². The molecule has 0 unspecified atom stereocenters. The number of nitrogens with zero attached hydrogens (tertiary/aromatic N) is 2. The van der Waals surface area contributed by atoms with Gasteiger partial charge < -0.3 is 29.9 Å². The maximum Gasteiger partial charge on any atom is 0.258 e. The number of likely N-dealkylation sites (N-methyl/N-ethyl adjacent to an activating group) is 1. The fourth-order valence-corrected chi connectivity index (χ4v) is 3.79. The summed E-state index contributed by atoms with van der Waals surface area (Å²) >= 11 is 0. The second-order valence-electron chi connectivity index (χ2n) is 8.06. The van der Waals surface area contributed by atoms with Gasteiger partial charge in [-0.15, -0.1) is 0 Å². The van der Waals surface area contributed by atoms with Gasteiger partial charge in [0.15, 0.2) is 11.5 Å². The summed E-state index contributed by atoms with van der Waals surface area (Å²) in [5.41, 5.74) is 4.50. The number of carbonyl (C=O) groups is 2. The van der Waals surface area contributed by atoms with E-state index >= 15 is 0 Å². The SMILES string of the molecule is CC/C(Nc1ccc(N(CCN(C)C)C(C)=O)cc1)=C1\C(=O)Nc2cc(OC)c(OC)cc21. The quantitative estimate of drug-likeness (QED) is 0.563. The summed E-state index contributed by atoms with van der Waals surface area (Å²) in [7, 11) is 7.09. The van der Waals surface area contributed by atoms with Crippen LogP contribution in [-0.4, -0.2) is 58.1 Å². The molecule has 0 radical (unpaired) electrons. The van der Waals surface area contributed by atoms with Crippen molar-refractivity contribution in [3.8, 4) is 11.5 Å². The number of ether oxygens (including phenoxy) is 2. The molecule has 1 heterocycles. The maximum absolute atomic E-state index is 12.8. The summed E-state index contributed by atoms with van der Waals surface area (Å²) in [6, 6.07) is 11.2. The first-order chi connectivity index (χ1) is 15.8. The molecule has 0 bridgehead atoms. The lowest BCUT2D eigenvalue weighted by Crippen LogP contribution is -2.35. The highest BCUT2D eigenvalue weighted by Crippen LogP contribution is 2.42. The molecule has 2 aromatic rings. The zero-order chi connectivity index (χ0) is 24.1. The van der Waals surface area contributed by atoms with Crippen molar-refractivity contribution in [2.75, 3.05) is 56.9 Å². The van der Waals surface area contributed by atoms with E-state index in [4.69, 9.17) is 9.47 Å². The average molecular weight is 453 g/mol. The molecule has 8 heteroatoms. The number of rotatable bonds is 9. The Morgan fingerprint density at radius 3 is 2.21 bits per heavy atom. The van der Waals surface area contributed by atoms with Gasteiger partial charge in [-0.3, -0.25) is 9.59 Å². The lowest BCUT2D eigenvalue weighted by molar-refractivity contribution is -0.116. The predicted octanol–water partition coefficient (Wildman–Crippen LogP) is 3.80. The van der Waals surface area contributed by atoms with Crippen molar-refractivity contribution in [1.82, 2.24) is 4.90 Å². The highest BCUT2D eigenvalue weighted by molar-refractivity contribution is 6.32. The smallest absolute Gasteiger partial charge is 0.258 e. The van der Waals surface area contributed by atoms with Gasteiger partial charge in [0, 0.05) is 48.7 Å². The van der Waals surface area contributed by atoms with Crippen LogP contribution in [0.3, 0.4) is 0 Å². The van der Waals surface area contributed by atoms with E-state index in [2.05, 4.69) is 10.6 Å². The molecule has 1 aliphatic heterocycles. The van der Waals surface area contributed by atoms with Crippen molar-refractivity contribution in [3.63, 3.8) is 0 Å². The van der Waals surface area contributed by atoms with E-state index in [1.54, 1.807) is 32.1 Å². The Hall–Kier alpha value is -3.52. The Bertz CT molecular complexity index is 1060. The van der Waals surface area contributed by atoms with Gasteiger partial charge in [-0.2, -0.15) is 0 Å². The molecule has 2 N–H and O–H groups in total. The molecule has 0 fully saturated rings. The van der Waals surface area contributed by atoms with Crippen LogP contribution in [-0.2, 0) is 9.59 Å². The maximum atomic E-state index is 12.8. The van der Waals surface area contributed by atoms with Gasteiger partial charge in [-0.25, -0.2) is 0 Å². The van der Waals surface area contributed by atoms with E-state index in [0.717, 1.165) is 29.2 Å². The minimum absolute atomic E-state index is 0.00228. The van der Waals surface area contributed by atoms with Gasteiger partial charge in [-0.1, -0.05) is 6.92 Å². The minimum Gasteiger partial charge on any atom is -0.493 e. The molecule has 0 spiro atoms.